The molecule has 1 saturated heterocycles. The van der Waals surface area contributed by atoms with E-state index in [-0.39, 0.29) is 54.8 Å². The summed E-state index contributed by atoms with van der Waals surface area (Å²) < 4.78 is 55.6. The van der Waals surface area contributed by atoms with Crippen LogP contribution in [0.1, 0.15) is 19.2 Å². The Bertz CT molecular complexity index is 927. The number of amides is 1. The first-order valence-electron chi connectivity index (χ1n) is 8.16. The number of carbonyl (C=O) groups is 1. The fourth-order valence-corrected chi connectivity index (χ4v) is 4.08. The predicted octanol–water partition coefficient (Wildman–Crippen LogP) is 2.20. The normalized spacial score (nSPS) is 19.5. The maximum Gasteiger partial charge on any atom is 0.223 e. The number of nitrogens with zero attached hydrogens (tertiary/aromatic N) is 2. The summed E-state index contributed by atoms with van der Waals surface area (Å²) >= 11 is 0. The zero-order valence-electron chi connectivity index (χ0n) is 14.1. The van der Waals surface area contributed by atoms with Gasteiger partial charge in [0.2, 0.25) is 5.91 Å². The lowest BCUT2D eigenvalue weighted by Crippen LogP contribution is -2.48. The van der Waals surface area contributed by atoms with E-state index >= 15 is 0 Å². The van der Waals surface area contributed by atoms with E-state index in [0.717, 1.165) is 12.1 Å². The Labute approximate surface area is 149 Å². The van der Waals surface area contributed by atoms with Gasteiger partial charge in [0.25, 0.3) is 0 Å². The zero-order chi connectivity index (χ0) is 18.9. The Hall–Kier alpha value is -2.29. The standard InChI is InChI=1S/C17H18F2N2O4S/c1-11-10-21(6-7-26(11,23)24)17(22)5-4-16-20-9-15(25-16)13-3-2-12(18)8-14(13)19/h2-3,8-9,11H,4-7,10H2,1H3/t11-/m1/s1. The number of oxazole rings is 1. The average molecular weight is 384 g/mol. The van der Waals surface area contributed by atoms with Crippen molar-refractivity contribution in [3.05, 3.63) is 41.9 Å². The maximum atomic E-state index is 13.8. The van der Waals surface area contributed by atoms with Gasteiger partial charge in [-0.1, -0.05) is 0 Å². The SMILES string of the molecule is C[C@@H]1CN(C(=O)CCc2ncc(-c3ccc(F)cc3F)o2)CCS1(=O)=O. The number of benzene rings is 1. The van der Waals surface area contributed by atoms with Crippen molar-refractivity contribution in [1.82, 2.24) is 9.88 Å². The van der Waals surface area contributed by atoms with E-state index in [2.05, 4.69) is 4.98 Å². The van der Waals surface area contributed by atoms with Crippen LogP contribution in [-0.4, -0.2) is 48.3 Å². The number of sulfone groups is 1. The summed E-state index contributed by atoms with van der Waals surface area (Å²) in [5.41, 5.74) is 0.0894. The van der Waals surface area contributed by atoms with Crippen LogP contribution in [0.25, 0.3) is 11.3 Å². The van der Waals surface area contributed by atoms with Crippen LogP contribution in [0.3, 0.4) is 0 Å². The fraction of sp³-hybridized carbons (Fsp3) is 0.412. The second-order valence-electron chi connectivity index (χ2n) is 6.26. The number of aryl methyl sites for hydroxylation is 1. The molecule has 2 aromatic rings. The molecule has 1 amide bonds. The minimum Gasteiger partial charge on any atom is -0.441 e. The van der Waals surface area contributed by atoms with Crippen molar-refractivity contribution in [2.24, 2.45) is 0 Å². The molecule has 1 atom stereocenters. The first kappa shape index (κ1) is 18.5. The molecule has 3 rings (SSSR count). The van der Waals surface area contributed by atoms with Gasteiger partial charge in [0.15, 0.2) is 21.5 Å². The number of rotatable bonds is 4. The van der Waals surface area contributed by atoms with Gasteiger partial charge < -0.3 is 9.32 Å². The van der Waals surface area contributed by atoms with Crippen LogP contribution in [0.4, 0.5) is 8.78 Å². The highest BCUT2D eigenvalue weighted by atomic mass is 32.2. The first-order chi connectivity index (χ1) is 12.3. The Morgan fingerprint density at radius 3 is 2.85 bits per heavy atom. The molecule has 0 radical (unpaired) electrons. The fourth-order valence-electron chi connectivity index (χ4n) is 2.79. The van der Waals surface area contributed by atoms with Crippen molar-refractivity contribution in [1.29, 1.82) is 0 Å². The van der Waals surface area contributed by atoms with Gasteiger partial charge in [-0.05, 0) is 19.1 Å². The molecular weight excluding hydrogens is 366 g/mol. The van der Waals surface area contributed by atoms with Crippen LogP contribution in [-0.2, 0) is 21.1 Å². The molecule has 26 heavy (non-hydrogen) atoms. The van der Waals surface area contributed by atoms with E-state index in [9.17, 15) is 22.0 Å². The molecule has 1 aromatic heterocycles. The topological polar surface area (TPSA) is 80.5 Å². The molecule has 2 heterocycles. The predicted molar refractivity (Wildman–Crippen MR) is 90.0 cm³/mol. The molecule has 9 heteroatoms. The van der Waals surface area contributed by atoms with Crippen molar-refractivity contribution in [2.45, 2.75) is 25.0 Å². The van der Waals surface area contributed by atoms with E-state index in [4.69, 9.17) is 4.42 Å². The molecule has 0 bridgehead atoms. The molecule has 0 spiro atoms. The third-order valence-corrected chi connectivity index (χ3v) is 6.52. The molecule has 6 nitrogen and oxygen atoms in total. The van der Waals surface area contributed by atoms with Crippen molar-refractivity contribution in [2.75, 3.05) is 18.8 Å². The molecule has 1 aliphatic rings. The molecule has 1 aliphatic heterocycles. The second kappa shape index (κ2) is 7.14. The van der Waals surface area contributed by atoms with Crippen molar-refractivity contribution in [3.8, 4) is 11.3 Å². The largest absolute Gasteiger partial charge is 0.441 e. The smallest absolute Gasteiger partial charge is 0.223 e. The Kier molecular flexibility index (Phi) is 5.08. The van der Waals surface area contributed by atoms with Gasteiger partial charge >= 0.3 is 0 Å². The van der Waals surface area contributed by atoms with Gasteiger partial charge in [0, 0.05) is 32.0 Å². The van der Waals surface area contributed by atoms with E-state index in [0.29, 0.717) is 0 Å². The van der Waals surface area contributed by atoms with Crippen LogP contribution in [0, 0.1) is 11.6 Å². The quantitative estimate of drug-likeness (QED) is 0.807. The number of hydrogen-bond donors (Lipinski definition) is 0. The molecule has 1 fully saturated rings. The lowest BCUT2D eigenvalue weighted by molar-refractivity contribution is -0.131. The Morgan fingerprint density at radius 2 is 2.15 bits per heavy atom. The summed E-state index contributed by atoms with van der Waals surface area (Å²) in [4.78, 5) is 17.8. The van der Waals surface area contributed by atoms with E-state index < -0.39 is 26.7 Å². The first-order valence-corrected chi connectivity index (χ1v) is 9.87. The summed E-state index contributed by atoms with van der Waals surface area (Å²) in [5.74, 6) is -1.24. The molecule has 0 unspecified atom stereocenters. The molecule has 1 aromatic carbocycles. The van der Waals surface area contributed by atoms with Crippen molar-refractivity contribution in [3.63, 3.8) is 0 Å². The van der Waals surface area contributed by atoms with Crippen LogP contribution >= 0.6 is 0 Å². The van der Waals surface area contributed by atoms with E-state index in [1.165, 1.54) is 17.2 Å². The van der Waals surface area contributed by atoms with Crippen LogP contribution in [0.2, 0.25) is 0 Å². The number of aromatic nitrogens is 1. The van der Waals surface area contributed by atoms with E-state index in [1.54, 1.807) is 6.92 Å². The molecule has 0 N–H and O–H groups in total. The lowest BCUT2D eigenvalue weighted by Gasteiger charge is -2.30. The molecular formula is C17H18F2N2O4S. The van der Waals surface area contributed by atoms with Gasteiger partial charge in [-0.25, -0.2) is 22.2 Å². The maximum absolute atomic E-state index is 13.8. The van der Waals surface area contributed by atoms with Crippen molar-refractivity contribution >= 4 is 15.7 Å². The number of carbonyl (C=O) groups excluding carboxylic acids is 1. The van der Waals surface area contributed by atoms with Gasteiger partial charge in [0.1, 0.15) is 11.6 Å². The monoisotopic (exact) mass is 384 g/mol. The summed E-state index contributed by atoms with van der Waals surface area (Å²) in [6.07, 6.45) is 1.64. The highest BCUT2D eigenvalue weighted by molar-refractivity contribution is 7.92. The van der Waals surface area contributed by atoms with Gasteiger partial charge in [-0.3, -0.25) is 4.79 Å². The summed E-state index contributed by atoms with van der Waals surface area (Å²) in [6.45, 7) is 1.95. The van der Waals surface area contributed by atoms with Crippen LogP contribution in [0.5, 0.6) is 0 Å². The molecule has 0 aliphatic carbocycles. The van der Waals surface area contributed by atoms with Gasteiger partial charge in [-0.2, -0.15) is 0 Å². The zero-order valence-corrected chi connectivity index (χ0v) is 14.9. The minimum atomic E-state index is -3.12. The second-order valence-corrected chi connectivity index (χ2v) is 8.80. The average Bonchev–Trinajstić information content (AvgIpc) is 3.04. The molecule has 0 saturated carbocycles. The highest BCUT2D eigenvalue weighted by Crippen LogP contribution is 2.24. The summed E-state index contributed by atoms with van der Waals surface area (Å²) in [7, 11) is -3.12. The Morgan fingerprint density at radius 1 is 1.38 bits per heavy atom. The molecule has 140 valence electrons. The van der Waals surface area contributed by atoms with E-state index in [1.807, 2.05) is 0 Å². The number of halogens is 2. The van der Waals surface area contributed by atoms with Crippen molar-refractivity contribution < 1.29 is 26.4 Å². The highest BCUT2D eigenvalue weighted by Gasteiger charge is 2.31. The van der Waals surface area contributed by atoms with Crippen LogP contribution in [0.15, 0.2) is 28.8 Å². The Balaban J connectivity index is 1.61. The summed E-state index contributed by atoms with van der Waals surface area (Å²) in [5, 5.41) is -0.574. The van der Waals surface area contributed by atoms with Gasteiger partial charge in [0.05, 0.1) is 22.8 Å². The van der Waals surface area contributed by atoms with Gasteiger partial charge in [-0.15, -0.1) is 0 Å². The number of hydrogen-bond acceptors (Lipinski definition) is 5. The third kappa shape index (κ3) is 3.92. The van der Waals surface area contributed by atoms with Crippen LogP contribution < -0.4 is 0 Å². The summed E-state index contributed by atoms with van der Waals surface area (Å²) in [6, 6.07) is 3.14. The third-order valence-electron chi connectivity index (χ3n) is 4.39. The lowest BCUT2D eigenvalue weighted by atomic mass is 10.2. The minimum absolute atomic E-state index is 0.0348.